The Morgan fingerprint density at radius 1 is 1.32 bits per heavy atom. The zero-order valence-corrected chi connectivity index (χ0v) is 13.4. The van der Waals surface area contributed by atoms with E-state index in [1.807, 2.05) is 23.7 Å². The number of para-hydroxylation sites is 2. The summed E-state index contributed by atoms with van der Waals surface area (Å²) >= 11 is 6.02. The van der Waals surface area contributed by atoms with Gasteiger partial charge < -0.3 is 19.9 Å². The Morgan fingerprint density at radius 3 is 2.73 bits per heavy atom. The van der Waals surface area contributed by atoms with Crippen molar-refractivity contribution in [1.29, 1.82) is 0 Å². The third-order valence-corrected chi connectivity index (χ3v) is 4.53. The van der Waals surface area contributed by atoms with Gasteiger partial charge in [0.2, 0.25) is 0 Å². The first kappa shape index (κ1) is 15.2. The second-order valence-corrected chi connectivity index (χ2v) is 6.03. The van der Waals surface area contributed by atoms with Gasteiger partial charge in [0.1, 0.15) is 11.0 Å². The molecule has 0 amide bonds. The molecule has 0 spiro atoms. The van der Waals surface area contributed by atoms with Crippen LogP contribution in [-0.2, 0) is 13.6 Å². The van der Waals surface area contributed by atoms with E-state index in [-0.39, 0.29) is 6.10 Å². The Morgan fingerprint density at radius 2 is 2.05 bits per heavy atom. The fourth-order valence-corrected chi connectivity index (χ4v) is 2.91. The Kier molecular flexibility index (Phi) is 4.55. The lowest BCUT2D eigenvalue weighted by Crippen LogP contribution is -2.36. The number of anilines is 2. The van der Waals surface area contributed by atoms with Gasteiger partial charge in [0.05, 0.1) is 30.2 Å². The molecule has 118 valence electrons. The van der Waals surface area contributed by atoms with Crippen LogP contribution in [-0.4, -0.2) is 33.9 Å². The Hall–Kier alpha value is -1.72. The summed E-state index contributed by atoms with van der Waals surface area (Å²) in [5.41, 5.74) is 2.26. The fourth-order valence-electron chi connectivity index (χ4n) is 2.77. The van der Waals surface area contributed by atoms with Gasteiger partial charge in [0.15, 0.2) is 0 Å². The molecule has 1 aromatic heterocycles. The fraction of sp³-hybridized carbons (Fsp3) is 0.438. The van der Waals surface area contributed by atoms with E-state index in [9.17, 15) is 5.11 Å². The molecule has 2 aromatic rings. The van der Waals surface area contributed by atoms with Crippen LogP contribution >= 0.6 is 11.6 Å². The topological polar surface area (TPSA) is 53.3 Å². The number of aliphatic hydroxyl groups excluding tert-OH is 1. The summed E-state index contributed by atoms with van der Waals surface area (Å²) in [5, 5.41) is 13.7. The van der Waals surface area contributed by atoms with Gasteiger partial charge in [0.25, 0.3) is 0 Å². The molecule has 22 heavy (non-hydrogen) atoms. The van der Waals surface area contributed by atoms with Crippen molar-refractivity contribution in [1.82, 2.24) is 9.55 Å². The number of nitrogens with zero attached hydrogens (tertiary/aromatic N) is 3. The molecule has 0 unspecified atom stereocenters. The van der Waals surface area contributed by atoms with E-state index in [0.29, 0.717) is 11.7 Å². The maximum atomic E-state index is 9.66. The first-order chi connectivity index (χ1) is 10.6. The van der Waals surface area contributed by atoms with Crippen LogP contribution < -0.4 is 10.2 Å². The van der Waals surface area contributed by atoms with E-state index in [0.717, 1.165) is 37.4 Å². The number of aliphatic hydroxyl groups is 1. The van der Waals surface area contributed by atoms with E-state index in [1.165, 1.54) is 5.69 Å². The summed E-state index contributed by atoms with van der Waals surface area (Å²) in [4.78, 5) is 6.62. The van der Waals surface area contributed by atoms with Crippen LogP contribution in [0.2, 0.25) is 5.15 Å². The predicted octanol–water partition coefficient (Wildman–Crippen LogP) is 2.65. The number of aromatic nitrogens is 2. The zero-order valence-electron chi connectivity index (χ0n) is 12.7. The molecule has 1 aromatic carbocycles. The maximum absolute atomic E-state index is 9.66. The van der Waals surface area contributed by atoms with E-state index in [2.05, 4.69) is 27.3 Å². The Balaban J connectivity index is 1.72. The van der Waals surface area contributed by atoms with Crippen LogP contribution in [0.1, 0.15) is 18.7 Å². The summed E-state index contributed by atoms with van der Waals surface area (Å²) in [6, 6.07) is 8.26. The molecule has 1 saturated heterocycles. The highest BCUT2D eigenvalue weighted by atomic mass is 35.5. The number of hydrogen-bond donors (Lipinski definition) is 2. The third kappa shape index (κ3) is 3.20. The number of hydrogen-bond acceptors (Lipinski definition) is 4. The SMILES string of the molecule is Cn1c(Cl)cnc1CNc1ccccc1N1CCC(O)CC1. The molecule has 2 N–H and O–H groups in total. The number of benzene rings is 1. The van der Waals surface area contributed by atoms with E-state index in [1.54, 1.807) is 6.20 Å². The lowest BCUT2D eigenvalue weighted by molar-refractivity contribution is 0.145. The van der Waals surface area contributed by atoms with Crippen LogP contribution in [0.4, 0.5) is 11.4 Å². The smallest absolute Gasteiger partial charge is 0.128 e. The normalized spacial score (nSPS) is 16.0. The van der Waals surface area contributed by atoms with Crippen LogP contribution in [0.25, 0.3) is 0 Å². The van der Waals surface area contributed by atoms with Crippen LogP contribution in [0.5, 0.6) is 0 Å². The largest absolute Gasteiger partial charge is 0.393 e. The second kappa shape index (κ2) is 6.58. The van der Waals surface area contributed by atoms with Gasteiger partial charge in [-0.15, -0.1) is 0 Å². The first-order valence-corrected chi connectivity index (χ1v) is 7.95. The Bertz CT molecular complexity index is 635. The van der Waals surface area contributed by atoms with Crippen molar-refractivity contribution in [2.45, 2.75) is 25.5 Å². The number of imidazole rings is 1. The van der Waals surface area contributed by atoms with Gasteiger partial charge in [-0.3, -0.25) is 0 Å². The van der Waals surface area contributed by atoms with Gasteiger partial charge >= 0.3 is 0 Å². The molecule has 0 aliphatic carbocycles. The molecule has 1 fully saturated rings. The van der Waals surface area contributed by atoms with E-state index in [4.69, 9.17) is 11.6 Å². The van der Waals surface area contributed by atoms with E-state index < -0.39 is 0 Å². The average molecular weight is 321 g/mol. The lowest BCUT2D eigenvalue weighted by atomic mass is 10.1. The van der Waals surface area contributed by atoms with Crippen molar-refractivity contribution in [2.75, 3.05) is 23.3 Å². The third-order valence-electron chi connectivity index (χ3n) is 4.17. The standard InChI is InChI=1S/C16H21ClN4O/c1-20-15(17)10-19-16(20)11-18-13-4-2-3-5-14(13)21-8-6-12(22)7-9-21/h2-5,10,12,18,22H,6-9,11H2,1H3. The molecule has 0 radical (unpaired) electrons. The minimum Gasteiger partial charge on any atom is -0.393 e. The monoisotopic (exact) mass is 320 g/mol. The molecule has 1 aliphatic rings. The highest BCUT2D eigenvalue weighted by Gasteiger charge is 2.19. The van der Waals surface area contributed by atoms with Gasteiger partial charge in [-0.05, 0) is 25.0 Å². The van der Waals surface area contributed by atoms with Gasteiger partial charge in [-0.25, -0.2) is 4.98 Å². The minimum absolute atomic E-state index is 0.161. The van der Waals surface area contributed by atoms with Gasteiger partial charge in [-0.2, -0.15) is 0 Å². The maximum Gasteiger partial charge on any atom is 0.128 e. The van der Waals surface area contributed by atoms with Crippen LogP contribution in [0.15, 0.2) is 30.5 Å². The van der Waals surface area contributed by atoms with Crippen molar-refractivity contribution in [2.24, 2.45) is 7.05 Å². The van der Waals surface area contributed by atoms with Crippen molar-refractivity contribution < 1.29 is 5.11 Å². The number of nitrogens with one attached hydrogen (secondary N) is 1. The summed E-state index contributed by atoms with van der Waals surface area (Å²) < 4.78 is 1.87. The van der Waals surface area contributed by atoms with Crippen molar-refractivity contribution in [3.8, 4) is 0 Å². The van der Waals surface area contributed by atoms with Crippen molar-refractivity contribution in [3.63, 3.8) is 0 Å². The van der Waals surface area contributed by atoms with E-state index >= 15 is 0 Å². The zero-order chi connectivity index (χ0) is 15.5. The van der Waals surface area contributed by atoms with Crippen molar-refractivity contribution in [3.05, 3.63) is 41.4 Å². The highest BCUT2D eigenvalue weighted by molar-refractivity contribution is 6.29. The molecule has 0 saturated carbocycles. The molecule has 0 bridgehead atoms. The van der Waals surface area contributed by atoms with Gasteiger partial charge in [-0.1, -0.05) is 23.7 Å². The number of piperidine rings is 1. The summed E-state index contributed by atoms with van der Waals surface area (Å²) in [6.07, 6.45) is 3.15. The quantitative estimate of drug-likeness (QED) is 0.909. The number of rotatable bonds is 4. The lowest BCUT2D eigenvalue weighted by Gasteiger charge is -2.33. The van der Waals surface area contributed by atoms with Crippen LogP contribution in [0, 0.1) is 0 Å². The second-order valence-electron chi connectivity index (χ2n) is 5.65. The minimum atomic E-state index is -0.161. The number of halogens is 1. The van der Waals surface area contributed by atoms with Crippen LogP contribution in [0.3, 0.4) is 0 Å². The molecular weight excluding hydrogens is 300 g/mol. The molecule has 6 heteroatoms. The highest BCUT2D eigenvalue weighted by Crippen LogP contribution is 2.28. The molecule has 2 heterocycles. The summed E-state index contributed by atoms with van der Waals surface area (Å²) in [5.74, 6) is 0.897. The summed E-state index contributed by atoms with van der Waals surface area (Å²) in [6.45, 7) is 2.39. The molecule has 0 atom stereocenters. The average Bonchev–Trinajstić information content (AvgIpc) is 2.86. The molecular formula is C16H21ClN4O. The summed E-state index contributed by atoms with van der Waals surface area (Å²) in [7, 11) is 1.91. The Labute approximate surface area is 135 Å². The molecule has 5 nitrogen and oxygen atoms in total. The predicted molar refractivity (Wildman–Crippen MR) is 89.4 cm³/mol. The first-order valence-electron chi connectivity index (χ1n) is 7.57. The molecule has 1 aliphatic heterocycles. The van der Waals surface area contributed by atoms with Gasteiger partial charge in [0, 0.05) is 20.1 Å². The molecule has 3 rings (SSSR count). The van der Waals surface area contributed by atoms with Crippen molar-refractivity contribution >= 4 is 23.0 Å².